The van der Waals surface area contributed by atoms with Crippen LogP contribution >= 0.6 is 12.6 Å². The Morgan fingerprint density at radius 1 is 1.78 bits per heavy atom. The van der Waals surface area contributed by atoms with E-state index in [9.17, 15) is 9.18 Å². The summed E-state index contributed by atoms with van der Waals surface area (Å²) in [6.07, 6.45) is 0. The van der Waals surface area contributed by atoms with Crippen molar-refractivity contribution < 1.29 is 9.18 Å². The molecule has 0 fully saturated rings. The second-order valence-corrected chi connectivity index (χ2v) is 3.36. The van der Waals surface area contributed by atoms with Gasteiger partial charge in [-0.1, -0.05) is 0 Å². The lowest BCUT2D eigenvalue weighted by molar-refractivity contribution is -0.122. The number of nitrogens with one attached hydrogen (secondary N) is 1. The Balaban J connectivity index is 3.60. The second-order valence-electron chi connectivity index (χ2n) is 2.24. The Morgan fingerprint density at radius 2 is 2.22 bits per heavy atom. The maximum Gasteiger partial charge on any atom is 0.252 e. The van der Waals surface area contributed by atoms with Crippen molar-refractivity contribution in [3.8, 4) is 0 Å². The Hall–Kier alpha value is -0.250. The summed E-state index contributed by atoms with van der Waals surface area (Å²) in [6, 6.07) is 0. The molecular formula is C5H10FNOS. The van der Waals surface area contributed by atoms with Crippen LogP contribution in [-0.2, 0) is 4.79 Å². The molecule has 0 aromatic heterocycles. The van der Waals surface area contributed by atoms with Crippen LogP contribution in [0.3, 0.4) is 0 Å². The van der Waals surface area contributed by atoms with Gasteiger partial charge in [0.05, 0.1) is 4.87 Å². The average molecular weight is 151 g/mol. The van der Waals surface area contributed by atoms with Crippen LogP contribution in [0.5, 0.6) is 0 Å². The zero-order valence-corrected chi connectivity index (χ0v) is 6.33. The summed E-state index contributed by atoms with van der Waals surface area (Å²) in [7, 11) is 0. The molecule has 1 N–H and O–H groups in total. The molecule has 0 aliphatic heterocycles. The minimum atomic E-state index is -0.982. The molecule has 0 bridgehead atoms. The van der Waals surface area contributed by atoms with Gasteiger partial charge in [-0.15, -0.1) is 0 Å². The third kappa shape index (κ3) is 5.62. The van der Waals surface area contributed by atoms with Crippen LogP contribution in [0.15, 0.2) is 0 Å². The first-order valence-electron chi connectivity index (χ1n) is 2.55. The molecule has 0 aliphatic carbocycles. The van der Waals surface area contributed by atoms with Crippen molar-refractivity contribution in [1.82, 2.24) is 5.32 Å². The molecule has 9 heavy (non-hydrogen) atoms. The number of carbonyl (C=O) groups excluding carboxylic acids is 1. The molecule has 0 atom stereocenters. The molecule has 0 saturated heterocycles. The monoisotopic (exact) mass is 151 g/mol. The molecule has 54 valence electrons. The zero-order chi connectivity index (χ0) is 7.49. The first kappa shape index (κ1) is 8.75. The maximum atomic E-state index is 11.5. The second kappa shape index (κ2) is 3.06. The highest BCUT2D eigenvalue weighted by atomic mass is 32.1. The molecular weight excluding hydrogens is 141 g/mol. The Kier molecular flexibility index (Phi) is 2.97. The minimum absolute atomic E-state index is 0.622. The number of hydrogen-bond acceptors (Lipinski definition) is 2. The van der Waals surface area contributed by atoms with E-state index in [0.717, 1.165) is 0 Å². The molecule has 1 amide bonds. The van der Waals surface area contributed by atoms with Gasteiger partial charge in [-0.3, -0.25) is 4.79 Å². The Morgan fingerprint density at radius 3 is 2.33 bits per heavy atom. The van der Waals surface area contributed by atoms with Gasteiger partial charge in [-0.25, -0.2) is 4.39 Å². The highest BCUT2D eigenvalue weighted by Crippen LogP contribution is 2.05. The molecule has 0 rings (SSSR count). The lowest BCUT2D eigenvalue weighted by Crippen LogP contribution is -2.39. The van der Waals surface area contributed by atoms with Crippen LogP contribution in [0, 0.1) is 0 Å². The molecule has 0 heterocycles. The third-order valence-electron chi connectivity index (χ3n) is 0.567. The van der Waals surface area contributed by atoms with Crippen molar-refractivity contribution in [3.63, 3.8) is 0 Å². The largest absolute Gasteiger partial charge is 0.340 e. The molecule has 0 unspecified atom stereocenters. The van der Waals surface area contributed by atoms with E-state index in [4.69, 9.17) is 0 Å². The van der Waals surface area contributed by atoms with Crippen molar-refractivity contribution in [2.45, 2.75) is 18.7 Å². The number of hydrogen-bond donors (Lipinski definition) is 2. The van der Waals surface area contributed by atoms with Gasteiger partial charge >= 0.3 is 0 Å². The van der Waals surface area contributed by atoms with Crippen LogP contribution in [-0.4, -0.2) is 17.5 Å². The van der Waals surface area contributed by atoms with E-state index in [1.54, 1.807) is 13.8 Å². The molecule has 0 aromatic carbocycles. The topological polar surface area (TPSA) is 29.1 Å². The van der Waals surface area contributed by atoms with Gasteiger partial charge in [-0.2, -0.15) is 12.6 Å². The first-order chi connectivity index (χ1) is 3.95. The summed E-state index contributed by atoms with van der Waals surface area (Å²) in [5.41, 5.74) is 0. The van der Waals surface area contributed by atoms with Gasteiger partial charge in [-0.05, 0) is 13.8 Å². The summed E-state index contributed by atoms with van der Waals surface area (Å²) < 4.78 is 11.5. The highest BCUT2D eigenvalue weighted by molar-refractivity contribution is 7.81. The van der Waals surface area contributed by atoms with Crippen molar-refractivity contribution in [3.05, 3.63) is 0 Å². The van der Waals surface area contributed by atoms with Crippen molar-refractivity contribution >= 4 is 18.5 Å². The van der Waals surface area contributed by atoms with Gasteiger partial charge in [0.15, 0.2) is 6.67 Å². The fourth-order valence-corrected chi connectivity index (χ4v) is 0.499. The average Bonchev–Trinajstić information content (AvgIpc) is 1.62. The Labute approximate surface area is 59.2 Å². The van der Waals surface area contributed by atoms with Crippen molar-refractivity contribution in [2.24, 2.45) is 0 Å². The van der Waals surface area contributed by atoms with Gasteiger partial charge < -0.3 is 5.32 Å². The van der Waals surface area contributed by atoms with E-state index < -0.39 is 17.5 Å². The lowest BCUT2D eigenvalue weighted by atomic mass is 10.4. The van der Waals surface area contributed by atoms with Gasteiger partial charge in [0.1, 0.15) is 0 Å². The summed E-state index contributed by atoms with van der Waals surface area (Å²) in [5.74, 6) is -0.630. The number of amides is 1. The smallest absolute Gasteiger partial charge is 0.252 e. The fraction of sp³-hybridized carbons (Fsp3) is 0.800. The summed E-state index contributed by atoms with van der Waals surface area (Å²) >= 11 is 3.95. The first-order valence-corrected chi connectivity index (χ1v) is 3.00. The number of alkyl halides is 1. The van der Waals surface area contributed by atoms with Gasteiger partial charge in [0.2, 0.25) is 0 Å². The SMILES string of the molecule is CC(C)(S)NC(=O)CF. The molecule has 0 saturated carbocycles. The lowest BCUT2D eigenvalue weighted by Gasteiger charge is -2.17. The normalized spacial score (nSPS) is 11.1. The van der Waals surface area contributed by atoms with Crippen LogP contribution in [0.1, 0.15) is 13.8 Å². The molecule has 0 aliphatic rings. The fourth-order valence-electron chi connectivity index (χ4n) is 0.375. The predicted molar refractivity (Wildman–Crippen MR) is 37.2 cm³/mol. The predicted octanol–water partition coefficient (Wildman–Crippen LogP) is 0.738. The van der Waals surface area contributed by atoms with E-state index in [1.165, 1.54) is 0 Å². The van der Waals surface area contributed by atoms with E-state index in [1.807, 2.05) is 0 Å². The number of rotatable bonds is 2. The van der Waals surface area contributed by atoms with Crippen LogP contribution in [0.4, 0.5) is 4.39 Å². The molecule has 0 spiro atoms. The Bertz CT molecular complexity index is 110. The quantitative estimate of drug-likeness (QED) is 0.442. The zero-order valence-electron chi connectivity index (χ0n) is 5.44. The van der Waals surface area contributed by atoms with Gasteiger partial charge in [0.25, 0.3) is 5.91 Å². The van der Waals surface area contributed by atoms with Crippen LogP contribution < -0.4 is 5.32 Å². The standard InChI is InChI=1S/C5H10FNOS/c1-5(2,9)7-4(8)3-6/h9H,3H2,1-2H3,(H,7,8). The van der Waals surface area contributed by atoms with Gasteiger partial charge in [0, 0.05) is 0 Å². The summed E-state index contributed by atoms with van der Waals surface area (Å²) in [5, 5.41) is 2.32. The molecule has 4 heteroatoms. The molecule has 0 radical (unpaired) electrons. The summed E-state index contributed by atoms with van der Waals surface area (Å²) in [6.45, 7) is 2.36. The van der Waals surface area contributed by atoms with Crippen LogP contribution in [0.2, 0.25) is 0 Å². The van der Waals surface area contributed by atoms with Crippen LogP contribution in [0.25, 0.3) is 0 Å². The number of halogens is 1. The minimum Gasteiger partial charge on any atom is -0.340 e. The number of carbonyl (C=O) groups is 1. The highest BCUT2D eigenvalue weighted by Gasteiger charge is 2.13. The molecule has 0 aromatic rings. The van der Waals surface area contributed by atoms with Crippen molar-refractivity contribution in [2.75, 3.05) is 6.67 Å². The van der Waals surface area contributed by atoms with E-state index in [-0.39, 0.29) is 0 Å². The van der Waals surface area contributed by atoms with E-state index in [0.29, 0.717) is 0 Å². The van der Waals surface area contributed by atoms with Crippen molar-refractivity contribution in [1.29, 1.82) is 0 Å². The maximum absolute atomic E-state index is 11.5. The number of thiol groups is 1. The van der Waals surface area contributed by atoms with E-state index >= 15 is 0 Å². The van der Waals surface area contributed by atoms with E-state index in [2.05, 4.69) is 17.9 Å². The third-order valence-corrected chi connectivity index (χ3v) is 0.678. The summed E-state index contributed by atoms with van der Waals surface area (Å²) in [4.78, 5) is 9.67. The molecule has 2 nitrogen and oxygen atoms in total.